The molecule has 0 aliphatic rings. The third-order valence-corrected chi connectivity index (χ3v) is 1.92. The summed E-state index contributed by atoms with van der Waals surface area (Å²) in [5.41, 5.74) is 1.60. The number of benzene rings is 1. The molecule has 0 bridgehead atoms. The molecular weight excluding hydrogens is 214 g/mol. The van der Waals surface area contributed by atoms with E-state index in [2.05, 4.69) is 19.2 Å². The number of carbonyl (C=O) groups excluding carboxylic acids is 1. The Morgan fingerprint density at radius 3 is 2.06 bits per heavy atom. The Labute approximate surface area is 104 Å². The summed E-state index contributed by atoms with van der Waals surface area (Å²) in [6, 6.07) is 7.70. The van der Waals surface area contributed by atoms with Crippen molar-refractivity contribution in [2.45, 2.75) is 47.3 Å². The van der Waals surface area contributed by atoms with E-state index in [0.717, 1.165) is 5.69 Å². The van der Waals surface area contributed by atoms with E-state index in [1.807, 2.05) is 26.0 Å². The highest BCUT2D eigenvalue weighted by Gasteiger charge is 2.08. The predicted molar refractivity (Wildman–Crippen MR) is 72.5 cm³/mol. The second kappa shape index (κ2) is 6.94. The second-order valence-corrected chi connectivity index (χ2v) is 4.33. The molecule has 0 atom stereocenters. The first-order valence-electron chi connectivity index (χ1n) is 5.56. The lowest BCUT2D eigenvalue weighted by molar-refractivity contribution is 0.0378. The van der Waals surface area contributed by atoms with Crippen LogP contribution in [0.5, 0.6) is 0 Å². The fraction of sp³-hybridized carbons (Fsp3) is 0.500. The van der Waals surface area contributed by atoms with Crippen LogP contribution in [0.4, 0.5) is 5.69 Å². The van der Waals surface area contributed by atoms with Gasteiger partial charge in [-0.15, -0.1) is 0 Å². The molecule has 1 N–H and O–H groups in total. The quantitative estimate of drug-likeness (QED) is 0.811. The number of hydrogen-bond donors (Lipinski definition) is 1. The second-order valence-electron chi connectivity index (χ2n) is 4.33. The largest absolute Gasteiger partial charge is 0.459 e. The average molecular weight is 237 g/mol. The molecule has 3 nitrogen and oxygen atoms in total. The Hall–Kier alpha value is -1.51. The van der Waals surface area contributed by atoms with Crippen LogP contribution in [0.15, 0.2) is 24.3 Å². The van der Waals surface area contributed by atoms with Crippen LogP contribution in [0, 0.1) is 0 Å². The summed E-state index contributed by atoms with van der Waals surface area (Å²) >= 11 is 0. The van der Waals surface area contributed by atoms with Crippen molar-refractivity contribution in [3.63, 3.8) is 0 Å². The first-order valence-corrected chi connectivity index (χ1v) is 5.56. The maximum absolute atomic E-state index is 11.5. The van der Waals surface area contributed by atoms with Crippen LogP contribution in [0.3, 0.4) is 0 Å². The first-order chi connectivity index (χ1) is 7.49. The van der Waals surface area contributed by atoms with Crippen molar-refractivity contribution in [3.05, 3.63) is 29.8 Å². The summed E-state index contributed by atoms with van der Waals surface area (Å²) in [5, 5.41) is 3.26. The fourth-order valence-electron chi connectivity index (χ4n) is 1.32. The smallest absolute Gasteiger partial charge is 0.338 e. The molecule has 17 heavy (non-hydrogen) atoms. The zero-order chi connectivity index (χ0) is 12.1. The van der Waals surface area contributed by atoms with E-state index in [1.54, 1.807) is 12.1 Å². The van der Waals surface area contributed by atoms with Crippen molar-refractivity contribution >= 4 is 11.7 Å². The number of nitrogens with one attached hydrogen (secondary N) is 1. The van der Waals surface area contributed by atoms with Crippen LogP contribution in [0.25, 0.3) is 0 Å². The van der Waals surface area contributed by atoms with Crippen LogP contribution >= 0.6 is 0 Å². The number of esters is 1. The van der Waals surface area contributed by atoms with Crippen molar-refractivity contribution in [2.75, 3.05) is 5.32 Å². The van der Waals surface area contributed by atoms with Gasteiger partial charge in [-0.3, -0.25) is 0 Å². The van der Waals surface area contributed by atoms with Crippen LogP contribution in [0.2, 0.25) is 0 Å². The lowest BCUT2D eigenvalue weighted by atomic mass is 10.2. The first kappa shape index (κ1) is 15.5. The Kier molecular flexibility index (Phi) is 6.33. The topological polar surface area (TPSA) is 38.3 Å². The summed E-state index contributed by atoms with van der Waals surface area (Å²) in [7, 11) is 0. The zero-order valence-corrected chi connectivity index (χ0v) is 10.3. The fourth-order valence-corrected chi connectivity index (χ4v) is 1.32. The Bertz CT molecular complexity index is 342. The van der Waals surface area contributed by atoms with E-state index >= 15 is 0 Å². The molecule has 0 amide bonds. The molecule has 0 saturated carbocycles. The minimum atomic E-state index is -0.272. The predicted octanol–water partition coefficient (Wildman–Crippen LogP) is 3.71. The van der Waals surface area contributed by atoms with Crippen molar-refractivity contribution in [2.24, 2.45) is 0 Å². The minimum Gasteiger partial charge on any atom is -0.459 e. The van der Waals surface area contributed by atoms with Gasteiger partial charge in [-0.25, -0.2) is 4.79 Å². The van der Waals surface area contributed by atoms with E-state index in [1.165, 1.54) is 0 Å². The molecule has 3 heteroatoms. The molecule has 1 rings (SSSR count). The highest BCUT2D eigenvalue weighted by Crippen LogP contribution is 2.12. The number of carbonyl (C=O) groups is 1. The standard InChI is InChI=1S/C13H19NO2.CH4/c1-9(2)14-12-7-5-11(6-8-12)13(15)16-10(3)4;/h5-10,14H,1-4H3;1H4. The molecule has 0 spiro atoms. The molecule has 0 heterocycles. The number of hydrogen-bond acceptors (Lipinski definition) is 3. The minimum absolute atomic E-state index is 0. The Morgan fingerprint density at radius 1 is 1.12 bits per heavy atom. The van der Waals surface area contributed by atoms with Crippen molar-refractivity contribution < 1.29 is 9.53 Å². The van der Waals surface area contributed by atoms with Gasteiger partial charge in [0, 0.05) is 11.7 Å². The van der Waals surface area contributed by atoms with E-state index in [0.29, 0.717) is 11.6 Å². The SMILES string of the molecule is C.CC(C)Nc1ccc(C(=O)OC(C)C)cc1. The van der Waals surface area contributed by atoms with E-state index in [-0.39, 0.29) is 19.5 Å². The van der Waals surface area contributed by atoms with Crippen molar-refractivity contribution in [1.82, 2.24) is 0 Å². The maximum atomic E-state index is 11.5. The summed E-state index contributed by atoms with van der Waals surface area (Å²) in [5.74, 6) is -0.272. The number of ether oxygens (including phenoxy) is 1. The number of rotatable bonds is 4. The molecular formula is C14H23NO2. The molecule has 0 aliphatic heterocycles. The third kappa shape index (κ3) is 5.38. The van der Waals surface area contributed by atoms with Crippen molar-refractivity contribution in [3.8, 4) is 0 Å². The molecule has 1 aromatic rings. The molecule has 0 unspecified atom stereocenters. The van der Waals surface area contributed by atoms with E-state index in [4.69, 9.17) is 4.74 Å². The third-order valence-electron chi connectivity index (χ3n) is 1.92. The normalized spacial score (nSPS) is 10.0. The van der Waals surface area contributed by atoms with E-state index < -0.39 is 0 Å². The van der Waals surface area contributed by atoms with Crippen LogP contribution in [-0.4, -0.2) is 18.1 Å². The molecule has 96 valence electrons. The van der Waals surface area contributed by atoms with Gasteiger partial charge in [0.1, 0.15) is 0 Å². The summed E-state index contributed by atoms with van der Waals surface area (Å²) in [6.45, 7) is 7.82. The lowest BCUT2D eigenvalue weighted by Gasteiger charge is -2.11. The lowest BCUT2D eigenvalue weighted by Crippen LogP contribution is -2.12. The van der Waals surface area contributed by atoms with Gasteiger partial charge < -0.3 is 10.1 Å². The monoisotopic (exact) mass is 237 g/mol. The molecule has 1 aromatic carbocycles. The summed E-state index contributed by atoms with van der Waals surface area (Å²) in [6.07, 6.45) is -0.0824. The van der Waals surface area contributed by atoms with Gasteiger partial charge in [0.05, 0.1) is 11.7 Å². The molecule has 0 radical (unpaired) electrons. The van der Waals surface area contributed by atoms with Gasteiger partial charge in [-0.1, -0.05) is 7.43 Å². The van der Waals surface area contributed by atoms with Gasteiger partial charge in [0.2, 0.25) is 0 Å². The summed E-state index contributed by atoms with van der Waals surface area (Å²) in [4.78, 5) is 11.5. The molecule has 0 fully saturated rings. The van der Waals surface area contributed by atoms with Gasteiger partial charge in [0.25, 0.3) is 0 Å². The molecule has 0 aliphatic carbocycles. The van der Waals surface area contributed by atoms with Gasteiger partial charge in [-0.05, 0) is 52.0 Å². The van der Waals surface area contributed by atoms with Gasteiger partial charge >= 0.3 is 5.97 Å². The maximum Gasteiger partial charge on any atom is 0.338 e. The number of anilines is 1. The van der Waals surface area contributed by atoms with Crippen LogP contribution < -0.4 is 5.32 Å². The highest BCUT2D eigenvalue weighted by atomic mass is 16.5. The van der Waals surface area contributed by atoms with Gasteiger partial charge in [-0.2, -0.15) is 0 Å². The Morgan fingerprint density at radius 2 is 1.65 bits per heavy atom. The summed E-state index contributed by atoms with van der Waals surface area (Å²) < 4.78 is 5.10. The van der Waals surface area contributed by atoms with Gasteiger partial charge in [0.15, 0.2) is 0 Å². The van der Waals surface area contributed by atoms with Crippen LogP contribution in [-0.2, 0) is 4.74 Å². The average Bonchev–Trinajstić information content (AvgIpc) is 2.16. The molecule has 0 saturated heterocycles. The van der Waals surface area contributed by atoms with E-state index in [9.17, 15) is 4.79 Å². The highest BCUT2D eigenvalue weighted by molar-refractivity contribution is 5.89. The van der Waals surface area contributed by atoms with Crippen molar-refractivity contribution in [1.29, 1.82) is 0 Å². The molecule has 0 aromatic heterocycles. The zero-order valence-electron chi connectivity index (χ0n) is 10.3. The Balaban J connectivity index is 0.00000256. The van der Waals surface area contributed by atoms with Crippen LogP contribution in [0.1, 0.15) is 45.5 Å².